The van der Waals surface area contributed by atoms with E-state index in [1.807, 2.05) is 13.0 Å². The zero-order valence-electron chi connectivity index (χ0n) is 16.9. The fourth-order valence-electron chi connectivity index (χ4n) is 3.76. The molecule has 4 nitrogen and oxygen atoms in total. The molecular weight excluding hydrogens is 357 g/mol. The molecule has 2 rings (SSSR count). The van der Waals surface area contributed by atoms with E-state index in [0.29, 0.717) is 25.2 Å². The molecular formula is C22H36NO3P. The summed E-state index contributed by atoms with van der Waals surface area (Å²) >= 11 is 0. The number of aryl methyl sites for hydroxylation is 1. The van der Waals surface area contributed by atoms with Crippen LogP contribution in [0.1, 0.15) is 50.2 Å². The highest BCUT2D eigenvalue weighted by molar-refractivity contribution is 7.62. The Morgan fingerprint density at radius 1 is 1.26 bits per heavy atom. The number of aliphatic hydroxyl groups excluding tert-OH is 1. The lowest BCUT2D eigenvalue weighted by molar-refractivity contribution is 0.245. The van der Waals surface area contributed by atoms with Crippen LogP contribution in [-0.2, 0) is 15.5 Å². The van der Waals surface area contributed by atoms with Crippen LogP contribution >= 0.6 is 7.37 Å². The fourth-order valence-corrected chi connectivity index (χ4v) is 6.02. The maximum Gasteiger partial charge on any atom is 0.225 e. The molecule has 0 spiro atoms. The maximum absolute atomic E-state index is 13.1. The van der Waals surface area contributed by atoms with Crippen LogP contribution in [0.4, 0.5) is 0 Å². The van der Waals surface area contributed by atoms with E-state index in [2.05, 4.69) is 36.5 Å². The van der Waals surface area contributed by atoms with Crippen molar-refractivity contribution in [3.63, 3.8) is 0 Å². The summed E-state index contributed by atoms with van der Waals surface area (Å²) in [6.45, 7) is 5.11. The Labute approximate surface area is 164 Å². The standard InChI is InChI=1S/C22H36NO3P/c1-3-26-27(25,18-21-8-5-4-6-9-21)15-7-14-23-22(17-24)16-20-12-10-19(2)11-13-20/h7,10-13,15,21-24H,3-6,8-9,14,16-18H2,1-2H3/b15-7+. The van der Waals surface area contributed by atoms with E-state index in [1.165, 1.54) is 43.2 Å². The lowest BCUT2D eigenvalue weighted by atomic mass is 9.91. The fraction of sp³-hybridized carbons (Fsp3) is 0.636. The summed E-state index contributed by atoms with van der Waals surface area (Å²) in [7, 11) is -2.71. The second-order valence-corrected chi connectivity index (χ2v) is 10.1. The number of hydrogen-bond donors (Lipinski definition) is 2. The molecule has 0 bridgehead atoms. The van der Waals surface area contributed by atoms with Crippen molar-refractivity contribution in [2.75, 3.05) is 25.9 Å². The van der Waals surface area contributed by atoms with E-state index in [9.17, 15) is 9.67 Å². The van der Waals surface area contributed by atoms with Gasteiger partial charge < -0.3 is 14.9 Å². The van der Waals surface area contributed by atoms with Crippen molar-refractivity contribution in [1.82, 2.24) is 5.32 Å². The van der Waals surface area contributed by atoms with Crippen molar-refractivity contribution in [2.45, 2.75) is 58.4 Å². The molecule has 1 aliphatic carbocycles. The van der Waals surface area contributed by atoms with Gasteiger partial charge in [-0.15, -0.1) is 0 Å². The molecule has 152 valence electrons. The smallest absolute Gasteiger partial charge is 0.225 e. The first kappa shape index (κ1) is 22.4. The summed E-state index contributed by atoms with van der Waals surface area (Å²) < 4.78 is 18.8. The van der Waals surface area contributed by atoms with Crippen molar-refractivity contribution < 1.29 is 14.2 Å². The SMILES string of the molecule is CCOP(=O)(/C=C/CNC(CO)Cc1ccc(C)cc1)CC1CCCCC1. The van der Waals surface area contributed by atoms with Crippen LogP contribution in [0.2, 0.25) is 0 Å². The number of hydrogen-bond acceptors (Lipinski definition) is 4. The molecule has 1 aliphatic rings. The van der Waals surface area contributed by atoms with Gasteiger partial charge in [0.25, 0.3) is 0 Å². The predicted octanol–water partition coefficient (Wildman–Crippen LogP) is 4.90. The Kier molecular flexibility index (Phi) is 9.78. The molecule has 0 aromatic heterocycles. The van der Waals surface area contributed by atoms with Crippen LogP contribution < -0.4 is 5.32 Å². The molecule has 0 aliphatic heterocycles. The number of benzene rings is 1. The van der Waals surface area contributed by atoms with E-state index in [0.717, 1.165) is 6.42 Å². The van der Waals surface area contributed by atoms with Crippen LogP contribution in [0.5, 0.6) is 0 Å². The highest BCUT2D eigenvalue weighted by atomic mass is 31.2. The van der Waals surface area contributed by atoms with Gasteiger partial charge in [-0.25, -0.2) is 0 Å². The van der Waals surface area contributed by atoms with Gasteiger partial charge in [0.15, 0.2) is 0 Å². The largest absolute Gasteiger partial charge is 0.395 e. The molecule has 0 saturated heterocycles. The molecule has 0 radical (unpaired) electrons. The van der Waals surface area contributed by atoms with Gasteiger partial charge in [-0.05, 0) is 50.4 Å². The highest BCUT2D eigenvalue weighted by Crippen LogP contribution is 2.51. The van der Waals surface area contributed by atoms with E-state index < -0.39 is 7.37 Å². The summed E-state index contributed by atoms with van der Waals surface area (Å²) in [6.07, 6.45) is 9.51. The van der Waals surface area contributed by atoms with Gasteiger partial charge in [0.2, 0.25) is 7.37 Å². The first-order valence-corrected chi connectivity index (χ1v) is 12.2. The molecule has 2 unspecified atom stereocenters. The maximum atomic E-state index is 13.1. The molecule has 0 amide bonds. The Bertz CT molecular complexity index is 608. The minimum Gasteiger partial charge on any atom is -0.395 e. The topological polar surface area (TPSA) is 58.6 Å². The minimum atomic E-state index is -2.71. The minimum absolute atomic E-state index is 0.0119. The van der Waals surface area contributed by atoms with Crippen LogP contribution in [-0.4, -0.2) is 37.1 Å². The van der Waals surface area contributed by atoms with Crippen LogP contribution in [0.3, 0.4) is 0 Å². The Morgan fingerprint density at radius 2 is 1.96 bits per heavy atom. The molecule has 5 heteroatoms. The summed E-state index contributed by atoms with van der Waals surface area (Å²) in [5.74, 6) is 2.32. The molecule has 27 heavy (non-hydrogen) atoms. The highest BCUT2D eigenvalue weighted by Gasteiger charge is 2.25. The lowest BCUT2D eigenvalue weighted by Gasteiger charge is -2.25. The number of aliphatic hydroxyl groups is 1. The van der Waals surface area contributed by atoms with Crippen molar-refractivity contribution in [1.29, 1.82) is 0 Å². The Balaban J connectivity index is 1.84. The summed E-state index contributed by atoms with van der Waals surface area (Å²) in [4.78, 5) is 0. The zero-order valence-corrected chi connectivity index (χ0v) is 17.8. The second kappa shape index (κ2) is 11.8. The third-order valence-corrected chi connectivity index (χ3v) is 7.65. The van der Waals surface area contributed by atoms with Crippen LogP contribution in [0, 0.1) is 12.8 Å². The molecule has 2 atom stereocenters. The Hall–Kier alpha value is -0.930. The first-order valence-electron chi connectivity index (χ1n) is 10.4. The molecule has 1 saturated carbocycles. The van der Waals surface area contributed by atoms with Gasteiger partial charge in [0, 0.05) is 18.7 Å². The average molecular weight is 394 g/mol. The number of rotatable bonds is 11. The number of nitrogens with one attached hydrogen (secondary N) is 1. The van der Waals surface area contributed by atoms with E-state index >= 15 is 0 Å². The van der Waals surface area contributed by atoms with Gasteiger partial charge in [-0.1, -0.05) is 55.2 Å². The Morgan fingerprint density at radius 3 is 2.59 bits per heavy atom. The van der Waals surface area contributed by atoms with Gasteiger partial charge in [0.05, 0.1) is 13.2 Å². The normalized spacial score (nSPS) is 19.2. The molecule has 1 aromatic carbocycles. The summed E-state index contributed by atoms with van der Waals surface area (Å²) in [5.41, 5.74) is 2.44. The summed E-state index contributed by atoms with van der Waals surface area (Å²) in [5, 5.41) is 13.0. The van der Waals surface area contributed by atoms with Gasteiger partial charge in [0.1, 0.15) is 0 Å². The predicted molar refractivity (Wildman–Crippen MR) is 114 cm³/mol. The van der Waals surface area contributed by atoms with E-state index in [1.54, 1.807) is 5.82 Å². The lowest BCUT2D eigenvalue weighted by Crippen LogP contribution is -2.34. The van der Waals surface area contributed by atoms with Crippen molar-refractivity contribution >= 4 is 7.37 Å². The second-order valence-electron chi connectivity index (χ2n) is 7.69. The van der Waals surface area contributed by atoms with E-state index in [-0.39, 0.29) is 12.6 Å². The van der Waals surface area contributed by atoms with Crippen molar-refractivity contribution in [2.24, 2.45) is 5.92 Å². The quantitative estimate of drug-likeness (QED) is 0.525. The summed E-state index contributed by atoms with van der Waals surface area (Å²) in [6, 6.07) is 8.37. The van der Waals surface area contributed by atoms with Crippen LogP contribution in [0.25, 0.3) is 0 Å². The van der Waals surface area contributed by atoms with Gasteiger partial charge in [-0.2, -0.15) is 0 Å². The van der Waals surface area contributed by atoms with Crippen molar-refractivity contribution in [3.05, 3.63) is 47.3 Å². The van der Waals surface area contributed by atoms with E-state index in [4.69, 9.17) is 4.52 Å². The molecule has 2 N–H and O–H groups in total. The van der Waals surface area contributed by atoms with Crippen LogP contribution in [0.15, 0.2) is 36.2 Å². The zero-order chi connectivity index (χ0) is 19.5. The van der Waals surface area contributed by atoms with Crippen molar-refractivity contribution in [3.8, 4) is 0 Å². The molecule has 1 aromatic rings. The molecule has 0 heterocycles. The van der Waals surface area contributed by atoms with Gasteiger partial charge in [-0.3, -0.25) is 4.57 Å². The molecule has 1 fully saturated rings. The third kappa shape index (κ3) is 8.31. The van der Waals surface area contributed by atoms with Gasteiger partial charge >= 0.3 is 0 Å². The average Bonchev–Trinajstić information content (AvgIpc) is 2.67. The monoisotopic (exact) mass is 393 g/mol. The first-order chi connectivity index (χ1) is 13.0. The third-order valence-electron chi connectivity index (χ3n) is 5.27.